The van der Waals surface area contributed by atoms with Crippen molar-refractivity contribution < 1.29 is 8.42 Å². The van der Waals surface area contributed by atoms with Gasteiger partial charge in [-0.1, -0.05) is 24.3 Å². The molecule has 0 fully saturated rings. The summed E-state index contributed by atoms with van der Waals surface area (Å²) in [6.45, 7) is 0. The topological polar surface area (TPSA) is 72.2 Å². The summed E-state index contributed by atoms with van der Waals surface area (Å²) in [4.78, 5) is 0.225. The lowest BCUT2D eigenvalue weighted by molar-refractivity contribution is 0.588. The molecular weight excluding hydrogens is 236 g/mol. The molecule has 0 heterocycles. The lowest BCUT2D eigenvalue weighted by Gasteiger charge is -2.15. The maximum Gasteiger partial charge on any atom is 0.261 e. The van der Waals surface area contributed by atoms with Gasteiger partial charge in [0.15, 0.2) is 0 Å². The van der Waals surface area contributed by atoms with Crippen molar-refractivity contribution >= 4 is 10.0 Å². The summed E-state index contributed by atoms with van der Waals surface area (Å²) >= 11 is 0. The van der Waals surface area contributed by atoms with Crippen molar-refractivity contribution in [3.8, 4) is 0 Å². The molecule has 0 aliphatic heterocycles. The first-order chi connectivity index (χ1) is 8.09. The van der Waals surface area contributed by atoms with Gasteiger partial charge >= 0.3 is 0 Å². The van der Waals surface area contributed by atoms with Crippen molar-refractivity contribution in [3.63, 3.8) is 0 Å². The van der Waals surface area contributed by atoms with Crippen LogP contribution in [0.2, 0.25) is 0 Å². The SMILES string of the molecule is NC1=C(NS(=O)(=O)c2ccccc2)[CH]CC=C1. The second-order valence-electron chi connectivity index (χ2n) is 3.63. The highest BCUT2D eigenvalue weighted by molar-refractivity contribution is 7.89. The van der Waals surface area contributed by atoms with Crippen molar-refractivity contribution in [1.29, 1.82) is 0 Å². The summed E-state index contributed by atoms with van der Waals surface area (Å²) in [6.07, 6.45) is 5.99. The molecule has 5 heteroatoms. The fraction of sp³-hybridized carbons (Fsp3) is 0.0833. The van der Waals surface area contributed by atoms with Crippen LogP contribution in [0, 0.1) is 6.42 Å². The van der Waals surface area contributed by atoms with Crippen LogP contribution < -0.4 is 10.5 Å². The summed E-state index contributed by atoms with van der Waals surface area (Å²) < 4.78 is 26.5. The Kier molecular flexibility index (Phi) is 3.19. The van der Waals surface area contributed by atoms with Gasteiger partial charge in [0.1, 0.15) is 0 Å². The second-order valence-corrected chi connectivity index (χ2v) is 5.31. The largest absolute Gasteiger partial charge is 0.397 e. The normalized spacial score (nSPS) is 16.0. The zero-order valence-electron chi connectivity index (χ0n) is 9.13. The van der Waals surface area contributed by atoms with Gasteiger partial charge in [-0.2, -0.15) is 0 Å². The van der Waals surface area contributed by atoms with E-state index in [1.54, 1.807) is 30.7 Å². The molecule has 0 atom stereocenters. The minimum Gasteiger partial charge on any atom is -0.397 e. The highest BCUT2D eigenvalue weighted by atomic mass is 32.2. The van der Waals surface area contributed by atoms with Gasteiger partial charge in [-0.05, 0) is 24.6 Å². The third-order valence-corrected chi connectivity index (χ3v) is 3.75. The molecular formula is C12H13N2O2S. The van der Waals surface area contributed by atoms with Crippen molar-refractivity contribution in [3.05, 3.63) is 60.3 Å². The van der Waals surface area contributed by atoms with Crippen LogP contribution in [-0.2, 0) is 10.0 Å². The van der Waals surface area contributed by atoms with E-state index in [1.807, 2.05) is 6.08 Å². The number of hydrogen-bond donors (Lipinski definition) is 2. The van der Waals surface area contributed by atoms with Crippen molar-refractivity contribution in [1.82, 2.24) is 4.72 Å². The predicted octanol–water partition coefficient (Wildman–Crippen LogP) is 1.30. The first-order valence-electron chi connectivity index (χ1n) is 5.17. The monoisotopic (exact) mass is 249 g/mol. The quantitative estimate of drug-likeness (QED) is 0.848. The third-order valence-electron chi connectivity index (χ3n) is 2.36. The first kappa shape index (κ1) is 11.7. The van der Waals surface area contributed by atoms with E-state index in [0.29, 0.717) is 17.8 Å². The van der Waals surface area contributed by atoms with E-state index >= 15 is 0 Å². The van der Waals surface area contributed by atoms with Crippen molar-refractivity contribution in [2.45, 2.75) is 11.3 Å². The van der Waals surface area contributed by atoms with Crippen molar-refractivity contribution in [2.24, 2.45) is 5.73 Å². The maximum absolute atomic E-state index is 12.0. The van der Waals surface area contributed by atoms with Crippen LogP contribution in [0.1, 0.15) is 6.42 Å². The number of sulfonamides is 1. The lowest BCUT2D eigenvalue weighted by atomic mass is 10.1. The standard InChI is InChI=1S/C12H13N2O2S/c13-11-8-4-5-9-12(11)14-17(15,16)10-6-2-1-3-7-10/h1-4,6-9,14H,5,13H2. The number of benzene rings is 1. The summed E-state index contributed by atoms with van der Waals surface area (Å²) in [5.74, 6) is 0. The van der Waals surface area contributed by atoms with Crippen LogP contribution in [0.4, 0.5) is 0 Å². The molecule has 0 saturated carbocycles. The zero-order valence-corrected chi connectivity index (χ0v) is 9.94. The van der Waals surface area contributed by atoms with E-state index in [9.17, 15) is 8.42 Å². The van der Waals surface area contributed by atoms with Gasteiger partial charge in [-0.3, -0.25) is 4.72 Å². The molecule has 2 rings (SSSR count). The maximum atomic E-state index is 12.0. The van der Waals surface area contributed by atoms with E-state index in [2.05, 4.69) is 4.72 Å². The lowest BCUT2D eigenvalue weighted by Crippen LogP contribution is -2.26. The van der Waals surface area contributed by atoms with Crippen LogP contribution in [0.5, 0.6) is 0 Å². The summed E-state index contributed by atoms with van der Waals surface area (Å²) in [5.41, 5.74) is 6.57. The number of allylic oxidation sites excluding steroid dienone is 3. The molecule has 0 amide bonds. The fourth-order valence-corrected chi connectivity index (χ4v) is 2.62. The minimum atomic E-state index is -3.55. The van der Waals surface area contributed by atoms with E-state index in [4.69, 9.17) is 5.73 Å². The van der Waals surface area contributed by atoms with Crippen molar-refractivity contribution in [2.75, 3.05) is 0 Å². The Hall–Kier alpha value is -1.75. The molecule has 0 saturated heterocycles. The van der Waals surface area contributed by atoms with E-state index < -0.39 is 10.0 Å². The molecule has 89 valence electrons. The average Bonchev–Trinajstić information content (AvgIpc) is 2.33. The molecule has 1 aromatic rings. The van der Waals surface area contributed by atoms with Gasteiger partial charge < -0.3 is 5.73 Å². The smallest absolute Gasteiger partial charge is 0.261 e. The minimum absolute atomic E-state index is 0.225. The average molecular weight is 249 g/mol. The summed E-state index contributed by atoms with van der Waals surface area (Å²) in [6, 6.07) is 8.20. The molecule has 0 spiro atoms. The molecule has 0 aromatic heterocycles. The Morgan fingerprint density at radius 1 is 1.18 bits per heavy atom. The third kappa shape index (κ3) is 2.68. The Labute approximate surface area is 101 Å². The molecule has 1 radical (unpaired) electrons. The van der Waals surface area contributed by atoms with Gasteiger partial charge in [0.25, 0.3) is 10.0 Å². The molecule has 4 nitrogen and oxygen atoms in total. The second kappa shape index (κ2) is 4.63. The summed E-state index contributed by atoms with van der Waals surface area (Å²) in [7, 11) is -3.55. The molecule has 1 aromatic carbocycles. The number of nitrogens with two attached hydrogens (primary N) is 1. The van der Waals surface area contributed by atoms with Gasteiger partial charge in [-0.25, -0.2) is 8.42 Å². The summed E-state index contributed by atoms with van der Waals surface area (Å²) in [5, 5.41) is 0. The first-order valence-corrected chi connectivity index (χ1v) is 6.65. The van der Waals surface area contributed by atoms with Crippen LogP contribution in [-0.4, -0.2) is 8.42 Å². The van der Waals surface area contributed by atoms with E-state index in [0.717, 1.165) is 0 Å². The zero-order chi connectivity index (χ0) is 12.3. The van der Waals surface area contributed by atoms with Crippen LogP contribution in [0.3, 0.4) is 0 Å². The molecule has 0 unspecified atom stereocenters. The van der Waals surface area contributed by atoms with Gasteiger partial charge in [-0.15, -0.1) is 0 Å². The van der Waals surface area contributed by atoms with Gasteiger partial charge in [0, 0.05) is 6.42 Å². The molecule has 3 N–H and O–H groups in total. The Bertz CT molecular complexity index is 559. The van der Waals surface area contributed by atoms with E-state index in [-0.39, 0.29) is 4.90 Å². The number of hydrogen-bond acceptors (Lipinski definition) is 3. The van der Waals surface area contributed by atoms with E-state index in [1.165, 1.54) is 12.1 Å². The molecule has 17 heavy (non-hydrogen) atoms. The van der Waals surface area contributed by atoms with Crippen LogP contribution in [0.15, 0.2) is 58.8 Å². The Morgan fingerprint density at radius 2 is 1.88 bits per heavy atom. The fourth-order valence-electron chi connectivity index (χ4n) is 1.49. The molecule has 0 bridgehead atoms. The molecule has 1 aliphatic carbocycles. The Morgan fingerprint density at radius 3 is 2.53 bits per heavy atom. The number of rotatable bonds is 3. The Balaban J connectivity index is 2.27. The molecule has 1 aliphatic rings. The van der Waals surface area contributed by atoms with Gasteiger partial charge in [0.2, 0.25) is 0 Å². The van der Waals surface area contributed by atoms with Crippen LogP contribution >= 0.6 is 0 Å². The van der Waals surface area contributed by atoms with Gasteiger partial charge in [0.05, 0.1) is 16.3 Å². The highest BCUT2D eigenvalue weighted by Crippen LogP contribution is 2.15. The predicted molar refractivity (Wildman–Crippen MR) is 66.0 cm³/mol. The number of nitrogens with one attached hydrogen (secondary N) is 1. The highest BCUT2D eigenvalue weighted by Gasteiger charge is 2.17. The van der Waals surface area contributed by atoms with Crippen LogP contribution in [0.25, 0.3) is 0 Å².